The largest absolute Gasteiger partial charge is 0.503 e. The van der Waals surface area contributed by atoms with Crippen molar-refractivity contribution in [2.45, 2.75) is 26.3 Å². The average Bonchev–Trinajstić information content (AvgIpc) is 3.22. The zero-order chi connectivity index (χ0) is 18.8. The van der Waals surface area contributed by atoms with Crippen LogP contribution in [0.25, 0.3) is 0 Å². The van der Waals surface area contributed by atoms with Crippen LogP contribution < -0.4 is 9.64 Å². The van der Waals surface area contributed by atoms with E-state index < -0.39 is 17.7 Å². The normalized spacial score (nSPS) is 17.3. The maximum atomic E-state index is 12.8. The zero-order valence-corrected chi connectivity index (χ0v) is 14.9. The van der Waals surface area contributed by atoms with E-state index in [1.807, 2.05) is 13.8 Å². The van der Waals surface area contributed by atoms with Crippen LogP contribution >= 0.6 is 0 Å². The van der Waals surface area contributed by atoms with Crippen molar-refractivity contribution in [1.29, 1.82) is 0 Å². The first kappa shape index (κ1) is 17.8. The van der Waals surface area contributed by atoms with E-state index in [9.17, 15) is 14.7 Å². The maximum absolute atomic E-state index is 12.8. The number of aliphatic hydroxyl groups excluding tert-OH is 1. The molecule has 26 heavy (non-hydrogen) atoms. The van der Waals surface area contributed by atoms with Crippen LogP contribution in [0, 0.1) is 5.92 Å². The summed E-state index contributed by atoms with van der Waals surface area (Å²) < 4.78 is 10.7. The summed E-state index contributed by atoms with van der Waals surface area (Å²) in [5.74, 6) is -0.349. The molecule has 1 unspecified atom stereocenters. The molecule has 6 nitrogen and oxygen atoms in total. The van der Waals surface area contributed by atoms with Gasteiger partial charge in [0.25, 0.3) is 5.91 Å². The van der Waals surface area contributed by atoms with Crippen molar-refractivity contribution in [1.82, 2.24) is 0 Å². The number of benzene rings is 1. The second-order valence-corrected chi connectivity index (χ2v) is 6.58. The fourth-order valence-corrected chi connectivity index (χ4v) is 3.11. The molecule has 2 aromatic rings. The van der Waals surface area contributed by atoms with Crippen molar-refractivity contribution < 1.29 is 23.8 Å². The van der Waals surface area contributed by atoms with E-state index in [2.05, 4.69) is 0 Å². The number of carbonyl (C=O) groups is 2. The first-order valence-corrected chi connectivity index (χ1v) is 8.41. The molecule has 3 rings (SSSR count). The molecule has 0 bridgehead atoms. The summed E-state index contributed by atoms with van der Waals surface area (Å²) in [6.07, 6.45) is 1.71. The Morgan fingerprint density at radius 2 is 2.08 bits per heavy atom. The average molecular weight is 355 g/mol. The number of carbonyl (C=O) groups excluding carboxylic acids is 2. The third kappa shape index (κ3) is 3.10. The molecule has 1 N–H and O–H groups in total. The number of nitrogens with zero attached hydrogens (tertiary/aromatic N) is 1. The molecule has 1 aliphatic rings. The van der Waals surface area contributed by atoms with Gasteiger partial charge in [-0.3, -0.25) is 14.5 Å². The van der Waals surface area contributed by atoms with Gasteiger partial charge in [0.15, 0.2) is 11.5 Å². The lowest BCUT2D eigenvalue weighted by Gasteiger charge is -2.25. The standard InChI is InChI=1S/C20H21NO5/c1-12(2)10-15(22)17-18(16-8-5-9-26-16)21(20(24)19(17)23)13-6-4-7-14(11-13)25-3/h4-9,11-12,18,23H,10H2,1-3H3. The lowest BCUT2D eigenvalue weighted by atomic mass is 9.95. The van der Waals surface area contributed by atoms with Crippen molar-refractivity contribution >= 4 is 17.4 Å². The van der Waals surface area contributed by atoms with E-state index in [-0.39, 0.29) is 23.7 Å². The highest BCUT2D eigenvalue weighted by Gasteiger charge is 2.45. The third-order valence-electron chi connectivity index (χ3n) is 4.25. The molecule has 2 heterocycles. The Morgan fingerprint density at radius 1 is 1.31 bits per heavy atom. The van der Waals surface area contributed by atoms with Gasteiger partial charge in [-0.25, -0.2) is 0 Å². The molecule has 0 saturated heterocycles. The van der Waals surface area contributed by atoms with Gasteiger partial charge < -0.3 is 14.3 Å². The quantitative estimate of drug-likeness (QED) is 0.852. The summed E-state index contributed by atoms with van der Waals surface area (Å²) >= 11 is 0. The number of amides is 1. The molecule has 1 aromatic carbocycles. The molecule has 1 amide bonds. The van der Waals surface area contributed by atoms with Gasteiger partial charge in [-0.1, -0.05) is 19.9 Å². The number of hydrogen-bond acceptors (Lipinski definition) is 5. The Morgan fingerprint density at radius 3 is 2.69 bits per heavy atom. The minimum Gasteiger partial charge on any atom is -0.503 e. The Hall–Kier alpha value is -3.02. The van der Waals surface area contributed by atoms with Gasteiger partial charge in [0.05, 0.1) is 18.9 Å². The molecule has 6 heteroatoms. The first-order valence-electron chi connectivity index (χ1n) is 8.41. The predicted molar refractivity (Wildman–Crippen MR) is 96.0 cm³/mol. The highest BCUT2D eigenvalue weighted by atomic mass is 16.5. The van der Waals surface area contributed by atoms with Crippen LogP contribution in [0.5, 0.6) is 5.75 Å². The van der Waals surface area contributed by atoms with Crippen LogP contribution in [0.4, 0.5) is 5.69 Å². The fraction of sp³-hybridized carbons (Fsp3) is 0.300. The molecule has 0 fully saturated rings. The van der Waals surface area contributed by atoms with Gasteiger partial charge >= 0.3 is 0 Å². The number of ether oxygens (including phenoxy) is 1. The topological polar surface area (TPSA) is 80.0 Å². The Labute approximate surface area is 151 Å². The first-order chi connectivity index (χ1) is 12.4. The number of ketones is 1. The summed E-state index contributed by atoms with van der Waals surface area (Å²) in [6.45, 7) is 3.82. The number of hydrogen-bond donors (Lipinski definition) is 1. The van der Waals surface area contributed by atoms with Crippen LogP contribution in [-0.4, -0.2) is 23.9 Å². The fourth-order valence-electron chi connectivity index (χ4n) is 3.11. The van der Waals surface area contributed by atoms with Gasteiger partial charge in [-0.15, -0.1) is 0 Å². The van der Waals surface area contributed by atoms with Gasteiger partial charge in [0.1, 0.15) is 17.6 Å². The van der Waals surface area contributed by atoms with Crippen molar-refractivity contribution in [3.63, 3.8) is 0 Å². The Kier molecular flexibility index (Phi) is 4.84. The SMILES string of the molecule is COc1cccc(N2C(=O)C(O)=C(C(=O)CC(C)C)C2c2ccco2)c1. The van der Waals surface area contributed by atoms with E-state index in [4.69, 9.17) is 9.15 Å². The van der Waals surface area contributed by atoms with E-state index >= 15 is 0 Å². The minimum absolute atomic E-state index is 0.0708. The van der Waals surface area contributed by atoms with Crippen LogP contribution in [0.3, 0.4) is 0 Å². The molecule has 0 aliphatic carbocycles. The number of methoxy groups -OCH3 is 1. The molecular weight excluding hydrogens is 334 g/mol. The van der Waals surface area contributed by atoms with Crippen molar-refractivity contribution in [2.24, 2.45) is 5.92 Å². The molecule has 136 valence electrons. The highest BCUT2D eigenvalue weighted by molar-refractivity contribution is 6.16. The van der Waals surface area contributed by atoms with E-state index in [1.165, 1.54) is 18.3 Å². The van der Waals surface area contributed by atoms with Crippen LogP contribution in [0.2, 0.25) is 0 Å². The number of rotatable bonds is 6. The number of anilines is 1. The van der Waals surface area contributed by atoms with Crippen molar-refractivity contribution in [3.8, 4) is 5.75 Å². The van der Waals surface area contributed by atoms with Gasteiger partial charge in [-0.2, -0.15) is 0 Å². The van der Waals surface area contributed by atoms with Gasteiger partial charge in [-0.05, 0) is 30.2 Å². The summed E-state index contributed by atoms with van der Waals surface area (Å²) in [5, 5.41) is 10.5. The smallest absolute Gasteiger partial charge is 0.294 e. The molecule has 1 aliphatic heterocycles. The number of Topliss-reactive ketones (excluding diaryl/α,β-unsaturated/α-hetero) is 1. The van der Waals surface area contributed by atoms with Crippen LogP contribution in [0.15, 0.2) is 58.4 Å². The Bertz CT molecular complexity index is 851. The molecule has 0 spiro atoms. The molecule has 1 aromatic heterocycles. The zero-order valence-electron chi connectivity index (χ0n) is 14.9. The van der Waals surface area contributed by atoms with E-state index in [0.29, 0.717) is 17.2 Å². The maximum Gasteiger partial charge on any atom is 0.294 e. The second-order valence-electron chi connectivity index (χ2n) is 6.58. The summed E-state index contributed by atoms with van der Waals surface area (Å²) in [6, 6.07) is 9.46. The predicted octanol–water partition coefficient (Wildman–Crippen LogP) is 3.80. The van der Waals surface area contributed by atoms with Crippen LogP contribution in [-0.2, 0) is 9.59 Å². The number of furan rings is 1. The highest BCUT2D eigenvalue weighted by Crippen LogP contribution is 2.42. The summed E-state index contributed by atoms with van der Waals surface area (Å²) in [4.78, 5) is 26.9. The molecule has 0 radical (unpaired) electrons. The van der Waals surface area contributed by atoms with E-state index in [1.54, 1.807) is 36.4 Å². The monoisotopic (exact) mass is 355 g/mol. The van der Waals surface area contributed by atoms with Gasteiger partial charge in [0, 0.05) is 18.2 Å². The molecule has 0 saturated carbocycles. The minimum atomic E-state index is -0.809. The summed E-state index contributed by atoms with van der Waals surface area (Å²) in [5.41, 5.74) is 0.580. The molecule has 1 atom stereocenters. The lowest BCUT2D eigenvalue weighted by molar-refractivity contribution is -0.118. The summed E-state index contributed by atoms with van der Waals surface area (Å²) in [7, 11) is 1.53. The van der Waals surface area contributed by atoms with Crippen molar-refractivity contribution in [3.05, 3.63) is 59.8 Å². The van der Waals surface area contributed by atoms with Crippen molar-refractivity contribution in [2.75, 3.05) is 12.0 Å². The number of aliphatic hydroxyl groups is 1. The van der Waals surface area contributed by atoms with Gasteiger partial charge in [0.2, 0.25) is 0 Å². The Balaban J connectivity index is 2.10. The lowest BCUT2D eigenvalue weighted by Crippen LogP contribution is -2.30. The second kappa shape index (κ2) is 7.07. The van der Waals surface area contributed by atoms with E-state index in [0.717, 1.165) is 0 Å². The van der Waals surface area contributed by atoms with Crippen LogP contribution in [0.1, 0.15) is 32.1 Å². The third-order valence-corrected chi connectivity index (χ3v) is 4.25. The molecular formula is C20H21NO5.